The number of nitrogens with zero attached hydrogens (tertiary/aromatic N) is 1. The van der Waals surface area contributed by atoms with Crippen LogP contribution in [0, 0.1) is 11.8 Å². The molecule has 2 heterocycles. The lowest BCUT2D eigenvalue weighted by Gasteiger charge is -2.37. The number of rotatable bonds is 4. The Labute approximate surface area is 193 Å². The molecule has 3 fully saturated rings. The molecular weight excluding hydrogens is 426 g/mol. The van der Waals surface area contributed by atoms with Gasteiger partial charge in [0.05, 0.1) is 17.0 Å². The van der Waals surface area contributed by atoms with Crippen molar-refractivity contribution in [1.29, 1.82) is 0 Å². The second kappa shape index (κ2) is 8.58. The SMILES string of the molecule is C[C@H]1CC[C@@H](Oc2ccc3cc(C(=O)N4C5CCC4CC(C(=O)O)C5)ccc3c2Cl)CC1. The molecule has 0 spiro atoms. The van der Waals surface area contributed by atoms with E-state index in [1.807, 2.05) is 35.2 Å². The quantitative estimate of drug-likeness (QED) is 0.621. The molecule has 5 nitrogen and oxygen atoms in total. The lowest BCUT2D eigenvalue weighted by molar-refractivity contribution is -0.144. The lowest BCUT2D eigenvalue weighted by atomic mass is 9.89. The maximum atomic E-state index is 13.3. The van der Waals surface area contributed by atoms with Crippen LogP contribution in [0.2, 0.25) is 5.02 Å². The predicted octanol–water partition coefficient (Wildman–Crippen LogP) is 5.92. The van der Waals surface area contributed by atoms with Crippen molar-refractivity contribution in [3.8, 4) is 5.75 Å². The Morgan fingerprint density at radius 3 is 2.34 bits per heavy atom. The minimum atomic E-state index is -0.741. The molecule has 1 amide bonds. The molecule has 0 radical (unpaired) electrons. The number of carbonyl (C=O) groups excluding carboxylic acids is 1. The highest BCUT2D eigenvalue weighted by molar-refractivity contribution is 6.37. The molecule has 3 aliphatic rings. The van der Waals surface area contributed by atoms with Crippen molar-refractivity contribution in [3.63, 3.8) is 0 Å². The molecule has 5 rings (SSSR count). The van der Waals surface area contributed by atoms with E-state index in [9.17, 15) is 14.7 Å². The van der Waals surface area contributed by atoms with Crippen LogP contribution in [-0.2, 0) is 4.79 Å². The Morgan fingerprint density at radius 2 is 1.69 bits per heavy atom. The average Bonchev–Trinajstić information content (AvgIpc) is 3.05. The topological polar surface area (TPSA) is 66.8 Å². The molecule has 1 aliphatic carbocycles. The van der Waals surface area contributed by atoms with Crippen LogP contribution < -0.4 is 4.74 Å². The Balaban J connectivity index is 1.35. The molecule has 6 heteroatoms. The molecule has 2 aliphatic heterocycles. The fourth-order valence-electron chi connectivity index (χ4n) is 5.88. The van der Waals surface area contributed by atoms with Gasteiger partial charge < -0.3 is 14.7 Å². The molecule has 2 bridgehead atoms. The van der Waals surface area contributed by atoms with E-state index < -0.39 is 5.97 Å². The molecular formula is C26H30ClNO4. The molecule has 1 N–H and O–H groups in total. The summed E-state index contributed by atoms with van der Waals surface area (Å²) < 4.78 is 6.23. The molecule has 170 valence electrons. The number of aliphatic carboxylic acids is 1. The largest absolute Gasteiger partial charge is 0.489 e. The maximum Gasteiger partial charge on any atom is 0.306 e. The lowest BCUT2D eigenvalue weighted by Crippen LogP contribution is -2.47. The van der Waals surface area contributed by atoms with Crippen LogP contribution in [-0.4, -0.2) is 40.1 Å². The normalized spacial score (nSPS) is 29.8. The summed E-state index contributed by atoms with van der Waals surface area (Å²) in [5.74, 6) is 0.401. The number of fused-ring (bicyclic) bond motifs is 3. The van der Waals surface area contributed by atoms with Gasteiger partial charge in [-0.25, -0.2) is 0 Å². The fourth-order valence-corrected chi connectivity index (χ4v) is 6.16. The summed E-state index contributed by atoms with van der Waals surface area (Å²) in [6.45, 7) is 2.29. The van der Waals surface area contributed by atoms with E-state index in [-0.39, 0.29) is 30.0 Å². The summed E-state index contributed by atoms with van der Waals surface area (Å²) in [5.41, 5.74) is 0.633. The second-order valence-corrected chi connectivity index (χ2v) is 10.3. The first kappa shape index (κ1) is 21.6. The van der Waals surface area contributed by atoms with Crippen LogP contribution in [0.4, 0.5) is 0 Å². The minimum absolute atomic E-state index is 0.00369. The summed E-state index contributed by atoms with van der Waals surface area (Å²) in [5, 5.41) is 11.8. The molecule has 2 atom stereocenters. The van der Waals surface area contributed by atoms with Gasteiger partial charge in [-0.15, -0.1) is 0 Å². The Morgan fingerprint density at radius 1 is 1.00 bits per heavy atom. The van der Waals surface area contributed by atoms with E-state index in [0.29, 0.717) is 29.2 Å². The summed E-state index contributed by atoms with van der Waals surface area (Å²) in [6.07, 6.45) is 7.59. The fraction of sp³-hybridized carbons (Fsp3) is 0.538. The zero-order valence-corrected chi connectivity index (χ0v) is 19.2. The van der Waals surface area contributed by atoms with Crippen LogP contribution in [0.1, 0.15) is 68.6 Å². The number of halogens is 1. The molecule has 2 unspecified atom stereocenters. The van der Waals surface area contributed by atoms with E-state index >= 15 is 0 Å². The van der Waals surface area contributed by atoms with Crippen LogP contribution in [0.25, 0.3) is 10.8 Å². The standard InChI is InChI=1S/C26H30ClNO4/c1-15-2-8-21(9-3-15)32-23-11-5-16-12-17(4-10-22(16)24(23)27)25(29)28-19-6-7-20(28)14-18(13-19)26(30)31/h4-5,10-12,15,18-21H,2-3,6-9,13-14H2,1H3,(H,30,31)/t15-,18?,19?,20?,21+. The third-order valence-electron chi connectivity index (χ3n) is 7.74. The predicted molar refractivity (Wildman–Crippen MR) is 124 cm³/mol. The first-order chi connectivity index (χ1) is 15.4. The highest BCUT2D eigenvalue weighted by Crippen LogP contribution is 2.41. The molecule has 2 aromatic rings. The van der Waals surface area contributed by atoms with Gasteiger partial charge in [0.1, 0.15) is 5.75 Å². The van der Waals surface area contributed by atoms with Crippen molar-refractivity contribution < 1.29 is 19.4 Å². The summed E-state index contributed by atoms with van der Waals surface area (Å²) >= 11 is 6.70. The van der Waals surface area contributed by atoms with Gasteiger partial charge in [-0.05, 0) is 80.9 Å². The molecule has 32 heavy (non-hydrogen) atoms. The van der Waals surface area contributed by atoms with E-state index in [2.05, 4.69) is 6.92 Å². The number of carboxylic acids is 1. The van der Waals surface area contributed by atoms with Crippen molar-refractivity contribution in [3.05, 3.63) is 40.9 Å². The Kier molecular flexibility index (Phi) is 5.79. The zero-order chi connectivity index (χ0) is 22.4. The van der Waals surface area contributed by atoms with Gasteiger partial charge in [0.25, 0.3) is 5.91 Å². The van der Waals surface area contributed by atoms with Crippen molar-refractivity contribution in [2.45, 2.75) is 76.5 Å². The number of amides is 1. The summed E-state index contributed by atoms with van der Waals surface area (Å²) in [7, 11) is 0. The van der Waals surface area contributed by atoms with E-state index in [1.165, 1.54) is 12.8 Å². The van der Waals surface area contributed by atoms with Gasteiger partial charge in [-0.3, -0.25) is 9.59 Å². The Hall–Kier alpha value is -2.27. The third kappa shape index (κ3) is 3.96. The minimum Gasteiger partial charge on any atom is -0.489 e. The number of carbonyl (C=O) groups is 2. The van der Waals surface area contributed by atoms with Gasteiger partial charge in [0.2, 0.25) is 0 Å². The first-order valence-corrected chi connectivity index (χ1v) is 12.2. The third-order valence-corrected chi connectivity index (χ3v) is 8.13. The van der Waals surface area contributed by atoms with Crippen molar-refractivity contribution in [2.24, 2.45) is 11.8 Å². The van der Waals surface area contributed by atoms with E-state index in [4.69, 9.17) is 16.3 Å². The smallest absolute Gasteiger partial charge is 0.306 e. The van der Waals surface area contributed by atoms with Gasteiger partial charge in [0.15, 0.2) is 0 Å². The van der Waals surface area contributed by atoms with Gasteiger partial charge >= 0.3 is 5.97 Å². The van der Waals surface area contributed by atoms with Crippen LogP contribution in [0.5, 0.6) is 5.75 Å². The van der Waals surface area contributed by atoms with Gasteiger partial charge in [-0.2, -0.15) is 0 Å². The summed E-state index contributed by atoms with van der Waals surface area (Å²) in [4.78, 5) is 26.7. The zero-order valence-electron chi connectivity index (χ0n) is 18.4. The number of ether oxygens (including phenoxy) is 1. The summed E-state index contributed by atoms with van der Waals surface area (Å²) in [6, 6.07) is 9.59. The van der Waals surface area contributed by atoms with E-state index in [0.717, 1.165) is 42.4 Å². The number of benzene rings is 2. The van der Waals surface area contributed by atoms with Crippen molar-refractivity contribution in [1.82, 2.24) is 4.90 Å². The number of hydrogen-bond acceptors (Lipinski definition) is 3. The average molecular weight is 456 g/mol. The molecule has 1 saturated carbocycles. The second-order valence-electron chi connectivity index (χ2n) is 9.92. The van der Waals surface area contributed by atoms with Gasteiger partial charge in [0, 0.05) is 23.0 Å². The molecule has 2 saturated heterocycles. The molecule has 2 aromatic carbocycles. The van der Waals surface area contributed by atoms with Crippen LogP contribution in [0.3, 0.4) is 0 Å². The molecule has 0 aromatic heterocycles. The van der Waals surface area contributed by atoms with Gasteiger partial charge in [-0.1, -0.05) is 30.7 Å². The maximum absolute atomic E-state index is 13.3. The van der Waals surface area contributed by atoms with Crippen molar-refractivity contribution in [2.75, 3.05) is 0 Å². The van der Waals surface area contributed by atoms with Crippen LogP contribution in [0.15, 0.2) is 30.3 Å². The van der Waals surface area contributed by atoms with Crippen molar-refractivity contribution >= 4 is 34.2 Å². The number of hydrogen-bond donors (Lipinski definition) is 1. The van der Waals surface area contributed by atoms with Crippen LogP contribution >= 0.6 is 11.6 Å². The monoisotopic (exact) mass is 455 g/mol. The number of piperidine rings is 1. The van der Waals surface area contributed by atoms with E-state index in [1.54, 1.807) is 0 Å². The highest BCUT2D eigenvalue weighted by atomic mass is 35.5. The number of carboxylic acid groups (broad SMARTS) is 1. The Bertz CT molecular complexity index is 1030. The first-order valence-electron chi connectivity index (χ1n) is 11.8. The highest BCUT2D eigenvalue weighted by Gasteiger charge is 2.45.